The normalized spacial score (nSPS) is 11.0. The van der Waals surface area contributed by atoms with Crippen molar-refractivity contribution in [2.75, 3.05) is 0 Å². The second-order valence-electron chi connectivity index (χ2n) is 5.53. The highest BCUT2D eigenvalue weighted by atomic mass is 32.1. The molecular weight excluding hydrogens is 345 g/mol. The molecule has 0 atom stereocenters. The van der Waals surface area contributed by atoms with Crippen molar-refractivity contribution in [3.05, 3.63) is 57.2 Å². The number of benzene rings is 1. The quantitative estimate of drug-likeness (QED) is 0.730. The molecule has 0 saturated carbocycles. The molecule has 24 heavy (non-hydrogen) atoms. The second-order valence-corrected chi connectivity index (χ2v) is 7.28. The number of amides is 1. The molecule has 0 radical (unpaired) electrons. The van der Waals surface area contributed by atoms with E-state index >= 15 is 0 Å². The van der Waals surface area contributed by atoms with Crippen LogP contribution in [0.4, 0.5) is 4.39 Å². The third-order valence-corrected chi connectivity index (χ3v) is 5.40. The Balaban J connectivity index is 1.66. The van der Waals surface area contributed by atoms with Gasteiger partial charge in [0.05, 0.1) is 17.2 Å². The van der Waals surface area contributed by atoms with E-state index in [0.29, 0.717) is 23.0 Å². The van der Waals surface area contributed by atoms with Gasteiger partial charge in [-0.2, -0.15) is 0 Å². The molecule has 2 aromatic heterocycles. The van der Waals surface area contributed by atoms with E-state index in [1.54, 1.807) is 34.9 Å². The van der Waals surface area contributed by atoms with E-state index in [-0.39, 0.29) is 17.4 Å². The number of hydrogen-bond acceptors (Lipinski definition) is 5. The van der Waals surface area contributed by atoms with Gasteiger partial charge >= 0.3 is 0 Å². The average molecular weight is 361 g/mol. The Bertz CT molecular complexity index is 857. The third-order valence-electron chi connectivity index (χ3n) is 3.33. The second kappa shape index (κ2) is 7.19. The van der Waals surface area contributed by atoms with Crippen molar-refractivity contribution >= 4 is 28.6 Å². The summed E-state index contributed by atoms with van der Waals surface area (Å²) in [5.41, 5.74) is 1.53. The monoisotopic (exact) mass is 361 g/mol. The number of halogens is 1. The Morgan fingerprint density at radius 2 is 2.00 bits per heavy atom. The molecule has 1 N–H and O–H groups in total. The van der Waals surface area contributed by atoms with E-state index in [4.69, 9.17) is 0 Å². The fraction of sp³-hybridized carbons (Fsp3) is 0.235. The molecule has 0 bridgehead atoms. The van der Waals surface area contributed by atoms with Crippen LogP contribution in [-0.2, 0) is 6.54 Å². The van der Waals surface area contributed by atoms with Crippen LogP contribution in [0.2, 0.25) is 0 Å². The van der Waals surface area contributed by atoms with Gasteiger partial charge < -0.3 is 5.32 Å². The van der Waals surface area contributed by atoms with Crippen LogP contribution in [-0.4, -0.2) is 15.9 Å². The first-order chi connectivity index (χ1) is 11.5. The van der Waals surface area contributed by atoms with Crippen LogP contribution in [0.3, 0.4) is 0 Å². The van der Waals surface area contributed by atoms with Crippen molar-refractivity contribution < 1.29 is 9.18 Å². The van der Waals surface area contributed by atoms with Gasteiger partial charge in [-0.05, 0) is 12.1 Å². The highest BCUT2D eigenvalue weighted by Gasteiger charge is 2.14. The lowest BCUT2D eigenvalue weighted by Gasteiger charge is -2.01. The Morgan fingerprint density at radius 1 is 1.21 bits per heavy atom. The molecule has 0 aliphatic heterocycles. The number of carbonyl (C=O) groups excluding carboxylic acids is 1. The maximum Gasteiger partial charge on any atom is 0.271 e. The zero-order chi connectivity index (χ0) is 17.1. The fourth-order valence-corrected chi connectivity index (χ4v) is 3.73. The van der Waals surface area contributed by atoms with Crippen molar-refractivity contribution in [1.29, 1.82) is 0 Å². The van der Waals surface area contributed by atoms with Crippen LogP contribution in [0.25, 0.3) is 10.6 Å². The zero-order valence-corrected chi connectivity index (χ0v) is 14.9. The van der Waals surface area contributed by atoms with E-state index < -0.39 is 0 Å². The average Bonchev–Trinajstić information content (AvgIpc) is 3.22. The highest BCUT2D eigenvalue weighted by Crippen LogP contribution is 2.26. The minimum Gasteiger partial charge on any atom is -0.345 e. The molecule has 3 aromatic rings. The molecule has 0 spiro atoms. The molecular formula is C17H16FN3OS2. The molecule has 2 heterocycles. The van der Waals surface area contributed by atoms with E-state index in [0.717, 1.165) is 10.7 Å². The lowest BCUT2D eigenvalue weighted by atomic mass is 10.2. The number of carbonyl (C=O) groups is 1. The van der Waals surface area contributed by atoms with Crippen LogP contribution >= 0.6 is 22.7 Å². The lowest BCUT2D eigenvalue weighted by Crippen LogP contribution is -2.23. The number of nitrogens with zero attached hydrogens (tertiary/aromatic N) is 2. The number of nitrogens with one attached hydrogen (secondary N) is 1. The molecule has 0 saturated heterocycles. The van der Waals surface area contributed by atoms with Crippen LogP contribution in [0.5, 0.6) is 0 Å². The molecule has 3 rings (SSSR count). The largest absolute Gasteiger partial charge is 0.345 e. The first kappa shape index (κ1) is 16.7. The smallest absolute Gasteiger partial charge is 0.271 e. The highest BCUT2D eigenvalue weighted by molar-refractivity contribution is 7.13. The SMILES string of the molecule is CC(C)c1nc(CNC(=O)c2csc(-c3ccccc3F)n2)cs1. The predicted molar refractivity (Wildman–Crippen MR) is 94.9 cm³/mol. The summed E-state index contributed by atoms with van der Waals surface area (Å²) in [4.78, 5) is 20.9. The van der Waals surface area contributed by atoms with Gasteiger partial charge in [-0.1, -0.05) is 26.0 Å². The number of rotatable bonds is 5. The maximum absolute atomic E-state index is 13.8. The van der Waals surface area contributed by atoms with Crippen molar-refractivity contribution in [3.8, 4) is 10.6 Å². The van der Waals surface area contributed by atoms with Crippen LogP contribution in [0, 0.1) is 5.82 Å². The van der Waals surface area contributed by atoms with Crippen molar-refractivity contribution in [2.45, 2.75) is 26.3 Å². The van der Waals surface area contributed by atoms with Gasteiger partial charge in [0.2, 0.25) is 0 Å². The number of aromatic nitrogens is 2. The lowest BCUT2D eigenvalue weighted by molar-refractivity contribution is 0.0946. The van der Waals surface area contributed by atoms with Gasteiger partial charge in [0.25, 0.3) is 5.91 Å². The summed E-state index contributed by atoms with van der Waals surface area (Å²) < 4.78 is 13.8. The van der Waals surface area contributed by atoms with E-state index in [9.17, 15) is 9.18 Å². The van der Waals surface area contributed by atoms with Crippen molar-refractivity contribution in [2.24, 2.45) is 0 Å². The molecule has 4 nitrogen and oxygen atoms in total. The summed E-state index contributed by atoms with van der Waals surface area (Å²) in [6, 6.07) is 6.40. The summed E-state index contributed by atoms with van der Waals surface area (Å²) >= 11 is 2.84. The molecule has 0 fully saturated rings. The standard InChI is InChI=1S/C17H16FN3OS2/c1-10(2)16-20-11(8-23-16)7-19-15(22)14-9-24-17(21-14)12-5-3-4-6-13(12)18/h3-6,8-10H,7H2,1-2H3,(H,19,22). The van der Waals surface area contributed by atoms with E-state index in [1.165, 1.54) is 17.4 Å². The van der Waals surface area contributed by atoms with Gasteiger partial charge in [-0.15, -0.1) is 22.7 Å². The van der Waals surface area contributed by atoms with Gasteiger partial charge in [0, 0.05) is 22.2 Å². The first-order valence-electron chi connectivity index (χ1n) is 7.47. The Kier molecular flexibility index (Phi) is 5.01. The first-order valence-corrected chi connectivity index (χ1v) is 9.23. The maximum atomic E-state index is 13.8. The van der Waals surface area contributed by atoms with Crippen LogP contribution in [0.15, 0.2) is 35.0 Å². The van der Waals surface area contributed by atoms with Gasteiger partial charge in [0.1, 0.15) is 16.5 Å². The van der Waals surface area contributed by atoms with Gasteiger partial charge in [-0.25, -0.2) is 14.4 Å². The van der Waals surface area contributed by atoms with Crippen LogP contribution in [0.1, 0.15) is 41.0 Å². The molecule has 0 aliphatic rings. The molecule has 0 aliphatic carbocycles. The Labute approximate surface area is 147 Å². The van der Waals surface area contributed by atoms with E-state index in [2.05, 4.69) is 29.1 Å². The number of thiazole rings is 2. The van der Waals surface area contributed by atoms with E-state index in [1.807, 2.05) is 5.38 Å². The third kappa shape index (κ3) is 3.68. The number of hydrogen-bond donors (Lipinski definition) is 1. The molecule has 1 aromatic carbocycles. The predicted octanol–water partition coefficient (Wildman–Crippen LogP) is 4.46. The topological polar surface area (TPSA) is 54.9 Å². The minimum absolute atomic E-state index is 0.284. The Morgan fingerprint density at radius 3 is 2.71 bits per heavy atom. The molecule has 124 valence electrons. The minimum atomic E-state index is -0.345. The van der Waals surface area contributed by atoms with Gasteiger partial charge in [-0.3, -0.25) is 4.79 Å². The molecule has 7 heteroatoms. The summed E-state index contributed by atoms with van der Waals surface area (Å²) in [6.45, 7) is 4.52. The summed E-state index contributed by atoms with van der Waals surface area (Å²) in [5, 5.41) is 7.93. The fourth-order valence-electron chi connectivity index (χ4n) is 2.07. The summed E-state index contributed by atoms with van der Waals surface area (Å²) in [6.07, 6.45) is 0. The Hall–Kier alpha value is -2.12. The zero-order valence-electron chi connectivity index (χ0n) is 13.2. The molecule has 0 unspecified atom stereocenters. The van der Waals surface area contributed by atoms with Gasteiger partial charge in [0.15, 0.2) is 0 Å². The summed E-state index contributed by atoms with van der Waals surface area (Å²) in [7, 11) is 0. The van der Waals surface area contributed by atoms with Crippen molar-refractivity contribution in [3.63, 3.8) is 0 Å². The molecule has 1 amide bonds. The van der Waals surface area contributed by atoms with Crippen LogP contribution < -0.4 is 5.32 Å². The van der Waals surface area contributed by atoms with Crippen molar-refractivity contribution in [1.82, 2.24) is 15.3 Å². The summed E-state index contributed by atoms with van der Waals surface area (Å²) in [5.74, 6) is -0.253.